The normalized spacial score (nSPS) is 10.5. The predicted molar refractivity (Wildman–Crippen MR) is 133 cm³/mol. The molecule has 2 aromatic carbocycles. The Morgan fingerprint density at radius 3 is 2.64 bits per heavy atom. The van der Waals surface area contributed by atoms with Gasteiger partial charge in [-0.2, -0.15) is 0 Å². The first kappa shape index (κ1) is 22.6. The molecule has 0 radical (unpaired) electrons. The van der Waals surface area contributed by atoms with Crippen molar-refractivity contribution in [1.29, 1.82) is 0 Å². The summed E-state index contributed by atoms with van der Waals surface area (Å²) in [6.07, 6.45) is 3.38. The number of hydrogen-bond donors (Lipinski definition) is 2. The molecular formula is C25H20Cl2N4O2. The van der Waals surface area contributed by atoms with Gasteiger partial charge in [0.15, 0.2) is 0 Å². The number of aromatic nitrogens is 2. The fourth-order valence-corrected chi connectivity index (χ4v) is 3.52. The molecule has 0 aliphatic rings. The molecule has 4 aromatic rings. The summed E-state index contributed by atoms with van der Waals surface area (Å²) >= 11 is 12.2. The molecule has 2 N–H and O–H groups in total. The van der Waals surface area contributed by atoms with Crippen LogP contribution in [0.4, 0.5) is 11.5 Å². The number of hydrogen-bond acceptors (Lipinski definition) is 5. The third kappa shape index (κ3) is 5.08. The first-order chi connectivity index (χ1) is 16.0. The summed E-state index contributed by atoms with van der Waals surface area (Å²) in [5.74, 6) is 1.34. The van der Waals surface area contributed by atoms with Crippen LogP contribution in [0.3, 0.4) is 0 Å². The van der Waals surface area contributed by atoms with Crippen molar-refractivity contribution in [2.24, 2.45) is 0 Å². The number of rotatable bonds is 6. The van der Waals surface area contributed by atoms with Crippen LogP contribution in [0.25, 0.3) is 11.1 Å². The Morgan fingerprint density at radius 1 is 0.970 bits per heavy atom. The van der Waals surface area contributed by atoms with E-state index in [1.165, 1.54) is 0 Å². The molecule has 8 heteroatoms. The number of anilines is 2. The van der Waals surface area contributed by atoms with Crippen LogP contribution in [0.5, 0.6) is 11.6 Å². The van der Waals surface area contributed by atoms with Crippen LogP contribution in [0.1, 0.15) is 15.9 Å². The minimum atomic E-state index is -0.335. The minimum absolute atomic E-state index is 0.285. The lowest BCUT2D eigenvalue weighted by Crippen LogP contribution is -2.12. The highest BCUT2D eigenvalue weighted by molar-refractivity contribution is 6.44. The van der Waals surface area contributed by atoms with Crippen molar-refractivity contribution in [2.75, 3.05) is 17.7 Å². The fraction of sp³-hybridized carbons (Fsp3) is 0.0800. The van der Waals surface area contributed by atoms with Crippen LogP contribution < -0.4 is 15.4 Å². The van der Waals surface area contributed by atoms with Crippen molar-refractivity contribution in [3.63, 3.8) is 0 Å². The van der Waals surface area contributed by atoms with Gasteiger partial charge in [-0.25, -0.2) is 9.97 Å². The fourth-order valence-electron chi connectivity index (χ4n) is 3.18. The lowest BCUT2D eigenvalue weighted by atomic mass is 10.1. The molecule has 0 unspecified atom stereocenters. The monoisotopic (exact) mass is 478 g/mol. The van der Waals surface area contributed by atoms with E-state index < -0.39 is 0 Å². The molecule has 1 amide bonds. The number of nitrogens with zero attached hydrogens (tertiary/aromatic N) is 2. The van der Waals surface area contributed by atoms with Gasteiger partial charge in [0.25, 0.3) is 5.91 Å². The Kier molecular flexibility index (Phi) is 6.77. The van der Waals surface area contributed by atoms with Gasteiger partial charge >= 0.3 is 0 Å². The maximum absolute atomic E-state index is 12.9. The smallest absolute Gasteiger partial charge is 0.255 e. The summed E-state index contributed by atoms with van der Waals surface area (Å²) in [6, 6.07) is 17.8. The highest BCUT2D eigenvalue weighted by atomic mass is 35.5. The molecule has 0 fully saturated rings. The number of benzene rings is 2. The number of aryl methyl sites for hydroxylation is 1. The zero-order chi connectivity index (χ0) is 23.4. The zero-order valence-corrected chi connectivity index (χ0v) is 19.4. The maximum Gasteiger partial charge on any atom is 0.255 e. The largest absolute Gasteiger partial charge is 0.438 e. The van der Waals surface area contributed by atoms with Gasteiger partial charge in [-0.05, 0) is 66.6 Å². The van der Waals surface area contributed by atoms with Crippen molar-refractivity contribution in [2.45, 2.75) is 6.92 Å². The number of ether oxygens (including phenoxy) is 1. The molecule has 166 valence electrons. The van der Waals surface area contributed by atoms with Gasteiger partial charge in [0.2, 0.25) is 5.88 Å². The molecule has 2 heterocycles. The quantitative estimate of drug-likeness (QED) is 0.317. The molecule has 0 saturated heterocycles. The topological polar surface area (TPSA) is 76.1 Å². The number of nitrogens with one attached hydrogen (secondary N) is 2. The summed E-state index contributed by atoms with van der Waals surface area (Å²) < 4.78 is 6.17. The van der Waals surface area contributed by atoms with E-state index in [0.717, 1.165) is 22.5 Å². The SMILES string of the molecule is CNc1cc(-c2cccnc2Oc2cc(C(=O)Nc3cccc(Cl)c3Cl)ccc2C)ccn1. The van der Waals surface area contributed by atoms with E-state index >= 15 is 0 Å². The maximum atomic E-state index is 12.9. The Labute approximate surface area is 201 Å². The van der Waals surface area contributed by atoms with E-state index in [2.05, 4.69) is 20.6 Å². The first-order valence-corrected chi connectivity index (χ1v) is 10.8. The average Bonchev–Trinajstić information content (AvgIpc) is 2.83. The highest BCUT2D eigenvalue weighted by Gasteiger charge is 2.15. The van der Waals surface area contributed by atoms with E-state index in [9.17, 15) is 4.79 Å². The van der Waals surface area contributed by atoms with Gasteiger partial charge in [0, 0.05) is 30.6 Å². The molecule has 0 atom stereocenters. The Morgan fingerprint density at radius 2 is 1.82 bits per heavy atom. The molecule has 0 aliphatic carbocycles. The van der Waals surface area contributed by atoms with Crippen molar-refractivity contribution in [1.82, 2.24) is 9.97 Å². The molecule has 0 bridgehead atoms. The first-order valence-electron chi connectivity index (χ1n) is 10.1. The second kappa shape index (κ2) is 9.90. The van der Waals surface area contributed by atoms with Crippen LogP contribution >= 0.6 is 23.2 Å². The van der Waals surface area contributed by atoms with E-state index in [0.29, 0.717) is 27.9 Å². The van der Waals surface area contributed by atoms with E-state index in [4.69, 9.17) is 27.9 Å². The number of carbonyl (C=O) groups excluding carboxylic acids is 1. The van der Waals surface area contributed by atoms with Crippen LogP contribution in [-0.2, 0) is 0 Å². The van der Waals surface area contributed by atoms with Gasteiger partial charge in [-0.15, -0.1) is 0 Å². The Hall–Kier alpha value is -3.61. The molecule has 6 nitrogen and oxygen atoms in total. The second-order valence-corrected chi connectivity index (χ2v) is 7.96. The zero-order valence-electron chi connectivity index (χ0n) is 17.9. The van der Waals surface area contributed by atoms with Crippen LogP contribution in [-0.4, -0.2) is 22.9 Å². The van der Waals surface area contributed by atoms with E-state index in [1.807, 2.05) is 44.3 Å². The van der Waals surface area contributed by atoms with Crippen LogP contribution in [0.2, 0.25) is 10.0 Å². The van der Waals surface area contributed by atoms with E-state index in [1.54, 1.807) is 42.7 Å². The van der Waals surface area contributed by atoms with Crippen LogP contribution in [0, 0.1) is 6.92 Å². The summed E-state index contributed by atoms with van der Waals surface area (Å²) in [6.45, 7) is 1.90. The Bertz CT molecular complexity index is 1330. The van der Waals surface area contributed by atoms with Gasteiger partial charge in [-0.1, -0.05) is 35.3 Å². The van der Waals surface area contributed by atoms with Crippen molar-refractivity contribution in [3.8, 4) is 22.8 Å². The van der Waals surface area contributed by atoms with Crippen molar-refractivity contribution >= 4 is 40.6 Å². The molecule has 33 heavy (non-hydrogen) atoms. The summed E-state index contributed by atoms with van der Waals surface area (Å²) in [7, 11) is 1.81. The van der Waals surface area contributed by atoms with Crippen molar-refractivity contribution < 1.29 is 9.53 Å². The van der Waals surface area contributed by atoms with Gasteiger partial charge < -0.3 is 15.4 Å². The lowest BCUT2D eigenvalue weighted by Gasteiger charge is -2.14. The van der Waals surface area contributed by atoms with Crippen molar-refractivity contribution in [3.05, 3.63) is 94.2 Å². The minimum Gasteiger partial charge on any atom is -0.438 e. The van der Waals surface area contributed by atoms with Crippen LogP contribution in [0.15, 0.2) is 73.1 Å². The molecule has 4 rings (SSSR count). The summed E-state index contributed by atoms with van der Waals surface area (Å²) in [5.41, 5.74) is 3.40. The third-order valence-corrected chi connectivity index (χ3v) is 5.77. The molecule has 0 aliphatic heterocycles. The Balaban J connectivity index is 1.63. The lowest BCUT2D eigenvalue weighted by molar-refractivity contribution is 0.102. The molecule has 0 spiro atoms. The van der Waals surface area contributed by atoms with Gasteiger partial charge in [-0.3, -0.25) is 4.79 Å². The average molecular weight is 479 g/mol. The molecule has 2 aromatic heterocycles. The summed E-state index contributed by atoms with van der Waals surface area (Å²) in [5, 5.41) is 6.46. The molecular weight excluding hydrogens is 459 g/mol. The van der Waals surface area contributed by atoms with Gasteiger partial charge in [0.1, 0.15) is 11.6 Å². The number of halogens is 2. The third-order valence-electron chi connectivity index (χ3n) is 4.95. The molecule has 0 saturated carbocycles. The predicted octanol–water partition coefficient (Wildman–Crippen LogP) is 6.85. The van der Waals surface area contributed by atoms with E-state index in [-0.39, 0.29) is 10.9 Å². The number of pyridine rings is 2. The number of carbonyl (C=O) groups is 1. The highest BCUT2D eigenvalue weighted by Crippen LogP contribution is 2.34. The standard InChI is InChI=1S/C25H20Cl2N4O2/c1-15-8-9-17(24(32)31-20-7-3-6-19(26)23(20)27)13-21(15)33-25-18(5-4-11-30-25)16-10-12-29-22(14-16)28-2/h3-14H,1-2H3,(H,28,29)(H,31,32). The second-order valence-electron chi connectivity index (χ2n) is 7.17. The summed E-state index contributed by atoms with van der Waals surface area (Å²) in [4.78, 5) is 21.5. The number of amides is 1. The van der Waals surface area contributed by atoms with Gasteiger partial charge in [0.05, 0.1) is 15.7 Å².